The van der Waals surface area contributed by atoms with Crippen LogP contribution < -0.4 is 5.32 Å². The quantitative estimate of drug-likeness (QED) is 0.414. The summed E-state index contributed by atoms with van der Waals surface area (Å²) in [6.07, 6.45) is 4.63. The van der Waals surface area contributed by atoms with Crippen molar-refractivity contribution in [1.82, 2.24) is 0 Å². The molecule has 1 aliphatic rings. The third kappa shape index (κ3) is 4.72. The van der Waals surface area contributed by atoms with E-state index < -0.39 is 0 Å². The number of hydrogen-bond acceptors (Lipinski definition) is 4. The Bertz CT molecular complexity index is 654. The average Bonchev–Trinajstić information content (AvgIpc) is 2.97. The van der Waals surface area contributed by atoms with Crippen molar-refractivity contribution in [2.75, 3.05) is 11.1 Å². The van der Waals surface area contributed by atoms with Crippen molar-refractivity contribution in [3.63, 3.8) is 0 Å². The fourth-order valence-corrected chi connectivity index (χ4v) is 4.95. The van der Waals surface area contributed by atoms with Crippen LogP contribution in [0, 0.1) is 0 Å². The highest BCUT2D eigenvalue weighted by Gasteiger charge is 2.18. The molecule has 0 spiro atoms. The van der Waals surface area contributed by atoms with Gasteiger partial charge in [0.25, 0.3) is 5.17 Å². The minimum Gasteiger partial charge on any atom is -0.467 e. The molecule has 1 atom stereocenters. The van der Waals surface area contributed by atoms with E-state index in [1.54, 1.807) is 0 Å². The van der Waals surface area contributed by atoms with Crippen molar-refractivity contribution < 1.29 is 4.74 Å². The number of hydrogen-bond donors (Lipinski definition) is 1. The van der Waals surface area contributed by atoms with Crippen molar-refractivity contribution in [3.05, 3.63) is 46.8 Å². The summed E-state index contributed by atoms with van der Waals surface area (Å²) >= 11 is 9.01. The second kappa shape index (κ2) is 8.18. The zero-order valence-corrected chi connectivity index (χ0v) is 15.7. The number of nitrogens with one attached hydrogen (secondary N) is 1. The molecule has 1 unspecified atom stereocenters. The second-order valence-electron chi connectivity index (χ2n) is 5.73. The van der Waals surface area contributed by atoms with Crippen LogP contribution in [0.15, 0.2) is 39.9 Å². The Morgan fingerprint density at radius 1 is 1.30 bits per heavy atom. The van der Waals surface area contributed by atoms with Crippen molar-refractivity contribution in [1.29, 1.82) is 0 Å². The third-order valence-corrected chi connectivity index (χ3v) is 6.30. The van der Waals surface area contributed by atoms with E-state index in [0.29, 0.717) is 5.17 Å². The lowest BCUT2D eigenvalue weighted by Crippen LogP contribution is -2.16. The van der Waals surface area contributed by atoms with E-state index >= 15 is 0 Å². The predicted molar refractivity (Wildman–Crippen MR) is 105 cm³/mol. The van der Waals surface area contributed by atoms with Gasteiger partial charge in [-0.15, -0.1) is 23.1 Å². The van der Waals surface area contributed by atoms with Gasteiger partial charge in [0.2, 0.25) is 0 Å². The van der Waals surface area contributed by atoms with Crippen molar-refractivity contribution in [2.45, 2.75) is 42.9 Å². The number of aryl methyl sites for hydroxylation is 1. The Balaban J connectivity index is 1.56. The molecule has 0 bridgehead atoms. The molecule has 0 radical (unpaired) electrons. The van der Waals surface area contributed by atoms with Gasteiger partial charge in [0.1, 0.15) is 6.10 Å². The molecule has 0 amide bonds. The maximum atomic E-state index is 5.65. The van der Waals surface area contributed by atoms with Gasteiger partial charge >= 0.3 is 0 Å². The highest BCUT2D eigenvalue weighted by molar-refractivity contribution is 8.01. The third-order valence-electron chi connectivity index (χ3n) is 3.89. The van der Waals surface area contributed by atoms with Gasteiger partial charge in [0.15, 0.2) is 0 Å². The Labute approximate surface area is 151 Å². The number of fused-ring (bicyclic) bond motifs is 1. The van der Waals surface area contributed by atoms with E-state index in [9.17, 15) is 0 Å². The van der Waals surface area contributed by atoms with Gasteiger partial charge in [-0.3, -0.25) is 0 Å². The molecular weight excluding hydrogens is 342 g/mol. The minimum atomic E-state index is 0.131. The first-order valence-electron chi connectivity index (χ1n) is 7.97. The molecule has 0 fully saturated rings. The summed E-state index contributed by atoms with van der Waals surface area (Å²) in [6, 6.07) is 10.8. The monoisotopic (exact) mass is 363 g/mol. The lowest BCUT2D eigenvalue weighted by molar-refractivity contribution is 0.217. The Morgan fingerprint density at radius 2 is 2.22 bits per heavy atom. The van der Waals surface area contributed by atoms with Crippen LogP contribution in [0.2, 0.25) is 0 Å². The fraction of sp³-hybridized carbons (Fsp3) is 0.389. The number of unbranched alkanes of at least 4 members (excludes halogenated alkanes) is 1. The molecule has 0 saturated heterocycles. The largest absolute Gasteiger partial charge is 0.467 e. The van der Waals surface area contributed by atoms with E-state index in [1.165, 1.54) is 33.9 Å². The molecule has 23 heavy (non-hydrogen) atoms. The summed E-state index contributed by atoms with van der Waals surface area (Å²) < 4.78 is 7.07. The molecule has 1 aromatic carbocycles. The Hall–Kier alpha value is -1.04. The van der Waals surface area contributed by atoms with Gasteiger partial charge in [-0.2, -0.15) is 0 Å². The van der Waals surface area contributed by atoms with Crippen LogP contribution in [0.25, 0.3) is 0 Å². The summed E-state index contributed by atoms with van der Waals surface area (Å²) in [5, 5.41) is 5.85. The van der Waals surface area contributed by atoms with Crippen LogP contribution in [-0.2, 0) is 17.6 Å². The van der Waals surface area contributed by atoms with Crippen LogP contribution in [-0.4, -0.2) is 17.0 Å². The van der Waals surface area contributed by atoms with E-state index in [1.807, 2.05) is 23.1 Å². The summed E-state index contributed by atoms with van der Waals surface area (Å²) in [5.74, 6) is 1.19. The van der Waals surface area contributed by atoms with Crippen LogP contribution in [0.4, 0.5) is 5.69 Å². The van der Waals surface area contributed by atoms with E-state index in [0.717, 1.165) is 18.5 Å². The molecule has 1 N–H and O–H groups in total. The van der Waals surface area contributed by atoms with Crippen LogP contribution in [0.5, 0.6) is 0 Å². The van der Waals surface area contributed by atoms with Crippen LogP contribution in [0.3, 0.4) is 0 Å². The van der Waals surface area contributed by atoms with Gasteiger partial charge < -0.3 is 10.1 Å². The number of rotatable bonds is 6. The summed E-state index contributed by atoms with van der Waals surface area (Å²) in [5.41, 5.74) is 3.91. The van der Waals surface area contributed by atoms with Gasteiger partial charge in [0, 0.05) is 12.1 Å². The molecular formula is C18H21NOS3. The summed E-state index contributed by atoms with van der Waals surface area (Å²) in [4.78, 5) is 0. The number of anilines is 1. The number of thiocarbonyl (C=S) groups is 1. The smallest absolute Gasteiger partial charge is 0.261 e. The standard InChI is InChI=1S/C18H21NOS3/c1-13-12-15-14(7-4-8-16(15)19-18(21)20-13)6-2-3-10-22-17-9-5-11-23-17/h4-5,7-9,11,13H,2-3,6,10,12H2,1H3,(H,19,21). The maximum absolute atomic E-state index is 5.65. The molecule has 0 saturated carbocycles. The van der Waals surface area contributed by atoms with Crippen molar-refractivity contribution in [2.24, 2.45) is 0 Å². The van der Waals surface area contributed by atoms with Gasteiger partial charge in [-0.05, 0) is 72.8 Å². The molecule has 1 aromatic heterocycles. The van der Waals surface area contributed by atoms with Crippen LogP contribution >= 0.6 is 35.3 Å². The van der Waals surface area contributed by atoms with Gasteiger partial charge in [0.05, 0.1) is 4.21 Å². The zero-order valence-electron chi connectivity index (χ0n) is 13.2. The number of thioether (sulfide) groups is 1. The molecule has 122 valence electrons. The molecule has 1 aliphatic heterocycles. The number of benzene rings is 1. The SMILES string of the molecule is CC1Cc2c(CCCCSc3cccs3)cccc2NC(=S)O1. The Morgan fingerprint density at radius 3 is 3.04 bits per heavy atom. The van der Waals surface area contributed by atoms with Crippen LogP contribution in [0.1, 0.15) is 30.9 Å². The lowest BCUT2D eigenvalue weighted by atomic mass is 9.96. The first kappa shape index (κ1) is 16.8. The number of ether oxygens (including phenoxy) is 1. The summed E-state index contributed by atoms with van der Waals surface area (Å²) in [6.45, 7) is 2.08. The fourth-order valence-electron chi connectivity index (χ4n) is 2.81. The average molecular weight is 364 g/mol. The van der Waals surface area contributed by atoms with Gasteiger partial charge in [-0.25, -0.2) is 0 Å². The highest BCUT2D eigenvalue weighted by Crippen LogP contribution is 2.28. The minimum absolute atomic E-state index is 0.131. The first-order valence-corrected chi connectivity index (χ1v) is 10.2. The highest BCUT2D eigenvalue weighted by atomic mass is 32.2. The van der Waals surface area contributed by atoms with Crippen molar-refractivity contribution in [3.8, 4) is 0 Å². The maximum Gasteiger partial charge on any atom is 0.261 e. The molecule has 2 nitrogen and oxygen atoms in total. The zero-order chi connectivity index (χ0) is 16.1. The van der Waals surface area contributed by atoms with E-state index in [-0.39, 0.29) is 6.10 Å². The topological polar surface area (TPSA) is 21.3 Å². The van der Waals surface area contributed by atoms with Crippen molar-refractivity contribution >= 4 is 46.2 Å². The van der Waals surface area contributed by atoms with Gasteiger partial charge in [-0.1, -0.05) is 18.2 Å². The second-order valence-corrected chi connectivity index (χ2v) is 8.44. The first-order chi connectivity index (χ1) is 11.2. The molecule has 2 aromatic rings. The normalized spacial score (nSPS) is 17.1. The van der Waals surface area contributed by atoms with E-state index in [2.05, 4.69) is 48.0 Å². The molecule has 0 aliphatic carbocycles. The molecule has 5 heteroatoms. The lowest BCUT2D eigenvalue weighted by Gasteiger charge is -2.13. The molecule has 3 rings (SSSR count). The predicted octanol–water partition coefficient (Wildman–Crippen LogP) is 5.52. The molecule has 2 heterocycles. The number of thiophene rings is 1. The van der Waals surface area contributed by atoms with E-state index in [4.69, 9.17) is 17.0 Å². The summed E-state index contributed by atoms with van der Waals surface area (Å²) in [7, 11) is 0. The Kier molecular flexibility index (Phi) is 5.97.